The van der Waals surface area contributed by atoms with Gasteiger partial charge in [-0.2, -0.15) is 0 Å². The number of hydrogen-bond acceptors (Lipinski definition) is 2. The molecule has 63 valence electrons. The zero-order valence-corrected chi connectivity index (χ0v) is 7.04. The second-order valence-corrected chi connectivity index (χ2v) is 2.36. The number of carbonyl (C=O) groups excluding carboxylic acids is 1. The van der Waals surface area contributed by atoms with Crippen LogP contribution in [0.5, 0.6) is 5.75 Å². The molecule has 0 bridgehead atoms. The van der Waals surface area contributed by atoms with E-state index in [0.717, 1.165) is 11.3 Å². The fraction of sp³-hybridized carbons (Fsp3) is 0.300. The van der Waals surface area contributed by atoms with Gasteiger partial charge in [-0.3, -0.25) is 4.79 Å². The lowest BCUT2D eigenvalue weighted by Gasteiger charge is -2.06. The van der Waals surface area contributed by atoms with E-state index in [1.54, 1.807) is 0 Å². The zero-order valence-electron chi connectivity index (χ0n) is 7.04. The molecular weight excluding hydrogens is 152 g/mol. The van der Waals surface area contributed by atoms with Crippen molar-refractivity contribution < 1.29 is 9.53 Å². The van der Waals surface area contributed by atoms with Crippen LogP contribution in [0.2, 0.25) is 0 Å². The van der Waals surface area contributed by atoms with Crippen molar-refractivity contribution in [3.63, 3.8) is 0 Å². The van der Waals surface area contributed by atoms with Gasteiger partial charge in [-0.15, -0.1) is 0 Å². The predicted octanol–water partition coefficient (Wildman–Crippen LogP) is 1.74. The normalized spacial score (nSPS) is 9.42. The Morgan fingerprint density at radius 2 is 2.17 bits per heavy atom. The van der Waals surface area contributed by atoms with Crippen LogP contribution in [-0.4, -0.2) is 12.9 Å². The van der Waals surface area contributed by atoms with E-state index in [1.807, 2.05) is 37.5 Å². The summed E-state index contributed by atoms with van der Waals surface area (Å²) in [6.07, 6.45) is 2.15. The minimum absolute atomic E-state index is 0.302. The molecule has 0 atom stereocenters. The van der Waals surface area contributed by atoms with Crippen molar-refractivity contribution in [2.45, 2.75) is 13.3 Å². The molecule has 2 heteroatoms. The molecular formula is C10H11O2. The average Bonchev–Trinajstić information content (AvgIpc) is 2.09. The van der Waals surface area contributed by atoms with Gasteiger partial charge in [0.25, 0.3) is 0 Å². The summed E-state index contributed by atoms with van der Waals surface area (Å²) in [6.45, 7) is 2.54. The molecule has 0 aromatic heterocycles. The Morgan fingerprint density at radius 1 is 1.42 bits per heavy atom. The van der Waals surface area contributed by atoms with Crippen LogP contribution >= 0.6 is 0 Å². The van der Waals surface area contributed by atoms with Gasteiger partial charge in [0, 0.05) is 12.0 Å². The summed E-state index contributed by atoms with van der Waals surface area (Å²) >= 11 is 0. The quantitative estimate of drug-likeness (QED) is 0.675. The predicted molar refractivity (Wildman–Crippen MR) is 47.0 cm³/mol. The Labute approximate surface area is 72.2 Å². The summed E-state index contributed by atoms with van der Waals surface area (Å²) in [4.78, 5) is 10.2. The van der Waals surface area contributed by atoms with Gasteiger partial charge in [0.05, 0.1) is 6.61 Å². The number of para-hydroxylation sites is 1. The van der Waals surface area contributed by atoms with Crippen LogP contribution in [0.1, 0.15) is 12.5 Å². The summed E-state index contributed by atoms with van der Waals surface area (Å²) in [7, 11) is 0. The van der Waals surface area contributed by atoms with Crippen molar-refractivity contribution in [3.05, 3.63) is 29.8 Å². The van der Waals surface area contributed by atoms with Gasteiger partial charge < -0.3 is 4.74 Å². The molecule has 0 fully saturated rings. The van der Waals surface area contributed by atoms with Crippen LogP contribution in [0, 0.1) is 0 Å². The van der Waals surface area contributed by atoms with E-state index in [-0.39, 0.29) is 0 Å². The largest absolute Gasteiger partial charge is 0.494 e. The van der Waals surface area contributed by atoms with Crippen molar-refractivity contribution in [2.75, 3.05) is 6.61 Å². The molecule has 0 saturated carbocycles. The van der Waals surface area contributed by atoms with E-state index >= 15 is 0 Å². The maximum absolute atomic E-state index is 10.2. The van der Waals surface area contributed by atoms with Gasteiger partial charge in [-0.25, -0.2) is 0 Å². The lowest BCUT2D eigenvalue weighted by Crippen LogP contribution is -1.96. The highest BCUT2D eigenvalue weighted by Crippen LogP contribution is 2.17. The lowest BCUT2D eigenvalue weighted by molar-refractivity contribution is 0.337. The first-order valence-corrected chi connectivity index (χ1v) is 3.94. The van der Waals surface area contributed by atoms with Crippen LogP contribution in [0.3, 0.4) is 0 Å². The van der Waals surface area contributed by atoms with E-state index in [1.165, 1.54) is 0 Å². The maximum Gasteiger partial charge on any atom is 0.203 e. The molecule has 0 aliphatic rings. The topological polar surface area (TPSA) is 26.3 Å². The van der Waals surface area contributed by atoms with Crippen molar-refractivity contribution in [1.82, 2.24) is 0 Å². The Hall–Kier alpha value is -1.31. The summed E-state index contributed by atoms with van der Waals surface area (Å²) in [5.41, 5.74) is 0.898. The highest BCUT2D eigenvalue weighted by atomic mass is 16.5. The third-order valence-corrected chi connectivity index (χ3v) is 1.54. The van der Waals surface area contributed by atoms with Crippen molar-refractivity contribution in [3.8, 4) is 5.75 Å². The van der Waals surface area contributed by atoms with E-state index in [4.69, 9.17) is 4.74 Å². The zero-order chi connectivity index (χ0) is 8.81. The van der Waals surface area contributed by atoms with E-state index in [0.29, 0.717) is 13.0 Å². The number of rotatable bonds is 4. The minimum Gasteiger partial charge on any atom is -0.494 e. The molecule has 0 unspecified atom stereocenters. The van der Waals surface area contributed by atoms with Crippen LogP contribution in [0.4, 0.5) is 0 Å². The van der Waals surface area contributed by atoms with Gasteiger partial charge in [0.2, 0.25) is 6.29 Å². The first-order valence-electron chi connectivity index (χ1n) is 3.94. The van der Waals surface area contributed by atoms with Gasteiger partial charge in [0.15, 0.2) is 0 Å². The fourth-order valence-corrected chi connectivity index (χ4v) is 1.02. The molecule has 0 saturated heterocycles. The Morgan fingerprint density at radius 3 is 2.83 bits per heavy atom. The Bertz CT molecular complexity index is 256. The number of benzene rings is 1. The SMILES string of the molecule is CCOc1ccccc1C[C]=O. The first kappa shape index (κ1) is 8.78. The summed E-state index contributed by atoms with van der Waals surface area (Å²) in [5, 5.41) is 0. The highest BCUT2D eigenvalue weighted by Gasteiger charge is 2.00. The van der Waals surface area contributed by atoms with E-state index in [2.05, 4.69) is 0 Å². The molecule has 0 spiro atoms. The summed E-state index contributed by atoms with van der Waals surface area (Å²) in [5.74, 6) is 0.781. The van der Waals surface area contributed by atoms with Gasteiger partial charge >= 0.3 is 0 Å². The second-order valence-electron chi connectivity index (χ2n) is 2.36. The van der Waals surface area contributed by atoms with Crippen LogP contribution in [-0.2, 0) is 11.2 Å². The van der Waals surface area contributed by atoms with E-state index < -0.39 is 0 Å². The van der Waals surface area contributed by atoms with Crippen molar-refractivity contribution in [2.24, 2.45) is 0 Å². The number of ether oxygens (including phenoxy) is 1. The van der Waals surface area contributed by atoms with Crippen molar-refractivity contribution >= 4 is 6.29 Å². The molecule has 1 radical (unpaired) electrons. The molecule has 0 N–H and O–H groups in total. The molecule has 0 amide bonds. The monoisotopic (exact) mass is 163 g/mol. The standard InChI is InChI=1S/C10H11O2/c1-2-12-10-6-4-3-5-9(10)7-8-11/h3-6H,2,7H2,1H3. The second kappa shape index (κ2) is 4.54. The van der Waals surface area contributed by atoms with Crippen LogP contribution in [0.15, 0.2) is 24.3 Å². The molecule has 0 aliphatic carbocycles. The third-order valence-electron chi connectivity index (χ3n) is 1.54. The van der Waals surface area contributed by atoms with E-state index in [9.17, 15) is 4.79 Å². The average molecular weight is 163 g/mol. The highest BCUT2D eigenvalue weighted by molar-refractivity contribution is 5.58. The van der Waals surface area contributed by atoms with Gasteiger partial charge in [-0.05, 0) is 13.0 Å². The molecule has 1 aromatic rings. The first-order chi connectivity index (χ1) is 5.88. The smallest absolute Gasteiger partial charge is 0.203 e. The molecule has 1 aromatic carbocycles. The number of hydrogen-bond donors (Lipinski definition) is 0. The Kier molecular flexibility index (Phi) is 3.33. The van der Waals surface area contributed by atoms with Crippen LogP contribution in [0.25, 0.3) is 0 Å². The van der Waals surface area contributed by atoms with Crippen molar-refractivity contribution in [1.29, 1.82) is 0 Å². The maximum atomic E-state index is 10.2. The molecule has 2 nitrogen and oxygen atoms in total. The summed E-state index contributed by atoms with van der Waals surface area (Å²) in [6, 6.07) is 7.50. The van der Waals surface area contributed by atoms with Gasteiger partial charge in [-0.1, -0.05) is 18.2 Å². The lowest BCUT2D eigenvalue weighted by atomic mass is 10.1. The molecule has 12 heavy (non-hydrogen) atoms. The van der Waals surface area contributed by atoms with Gasteiger partial charge in [0.1, 0.15) is 5.75 Å². The minimum atomic E-state index is 0.302. The molecule has 0 heterocycles. The fourth-order valence-electron chi connectivity index (χ4n) is 1.02. The Balaban J connectivity index is 2.83. The summed E-state index contributed by atoms with van der Waals surface area (Å²) < 4.78 is 5.31. The molecule has 1 rings (SSSR count). The third kappa shape index (κ3) is 2.09. The molecule has 0 aliphatic heterocycles. The van der Waals surface area contributed by atoms with Crippen LogP contribution < -0.4 is 4.74 Å².